The third-order valence-electron chi connectivity index (χ3n) is 3.37. The molecule has 1 aromatic carbocycles. The molecule has 0 aliphatic carbocycles. The molecule has 0 spiro atoms. The fourth-order valence-corrected chi connectivity index (χ4v) is 3.65. The minimum Gasteiger partial charge on any atom is -0.447 e. The Morgan fingerprint density at radius 3 is 2.55 bits per heavy atom. The van der Waals surface area contributed by atoms with Crippen LogP contribution in [0.3, 0.4) is 0 Å². The summed E-state index contributed by atoms with van der Waals surface area (Å²) in [6.07, 6.45) is -1.17. The van der Waals surface area contributed by atoms with Crippen LogP contribution in [0.25, 0.3) is 0 Å². The van der Waals surface area contributed by atoms with Crippen LogP contribution in [0.2, 0.25) is 0 Å². The number of carbonyl (C=O) groups excluding carboxylic acids is 2. The summed E-state index contributed by atoms with van der Waals surface area (Å²) >= 11 is 0. The van der Waals surface area contributed by atoms with Crippen LogP contribution in [0.5, 0.6) is 0 Å². The topological polar surface area (TPSA) is 80.8 Å². The van der Waals surface area contributed by atoms with Crippen LogP contribution in [-0.4, -0.2) is 44.0 Å². The lowest BCUT2D eigenvalue weighted by molar-refractivity contribution is -0.128. The fourth-order valence-electron chi connectivity index (χ4n) is 2.14. The van der Waals surface area contributed by atoms with Gasteiger partial charge in [0.15, 0.2) is 0 Å². The van der Waals surface area contributed by atoms with Crippen LogP contribution >= 0.6 is 0 Å². The number of cyclic esters (lactones) is 1. The van der Waals surface area contributed by atoms with Crippen molar-refractivity contribution in [2.45, 2.75) is 23.7 Å². The van der Waals surface area contributed by atoms with Gasteiger partial charge in [-0.15, -0.1) is 0 Å². The third kappa shape index (κ3) is 3.27. The lowest BCUT2D eigenvalue weighted by Gasteiger charge is -2.18. The minimum atomic E-state index is -4.17. The number of imide groups is 1. The lowest BCUT2D eigenvalue weighted by Crippen LogP contribution is -2.35. The van der Waals surface area contributed by atoms with E-state index in [-0.39, 0.29) is 24.5 Å². The number of carbonyl (C=O) groups is 2. The van der Waals surface area contributed by atoms with E-state index < -0.39 is 33.3 Å². The molecule has 1 aliphatic rings. The summed E-state index contributed by atoms with van der Waals surface area (Å²) < 4.78 is 43.2. The molecule has 1 aromatic rings. The number of hydrogen-bond acceptors (Lipinski definition) is 5. The highest BCUT2D eigenvalue weighted by Gasteiger charge is 2.36. The van der Waals surface area contributed by atoms with Gasteiger partial charge in [0.1, 0.15) is 6.61 Å². The highest BCUT2D eigenvalue weighted by atomic mass is 32.2. The largest absolute Gasteiger partial charge is 0.447 e. The van der Waals surface area contributed by atoms with Crippen molar-refractivity contribution >= 4 is 21.8 Å². The minimum absolute atomic E-state index is 0.0975. The van der Waals surface area contributed by atoms with Crippen LogP contribution in [-0.2, 0) is 19.4 Å². The van der Waals surface area contributed by atoms with Gasteiger partial charge < -0.3 is 4.74 Å². The van der Waals surface area contributed by atoms with Gasteiger partial charge in [-0.3, -0.25) is 4.79 Å². The van der Waals surface area contributed by atoms with Crippen molar-refractivity contribution in [1.29, 1.82) is 0 Å². The van der Waals surface area contributed by atoms with Gasteiger partial charge in [-0.25, -0.2) is 22.5 Å². The van der Waals surface area contributed by atoms with Crippen molar-refractivity contribution in [3.63, 3.8) is 0 Å². The summed E-state index contributed by atoms with van der Waals surface area (Å²) in [6.45, 7) is 1.53. The first-order valence-electron chi connectivity index (χ1n) is 6.74. The molecule has 0 N–H and O–H groups in total. The Morgan fingerprint density at radius 1 is 1.36 bits per heavy atom. The van der Waals surface area contributed by atoms with E-state index in [4.69, 9.17) is 0 Å². The van der Waals surface area contributed by atoms with E-state index in [0.717, 1.165) is 4.90 Å². The second kappa shape index (κ2) is 6.43. The summed E-state index contributed by atoms with van der Waals surface area (Å²) in [7, 11) is -4.17. The van der Waals surface area contributed by atoms with Crippen LogP contribution in [0, 0.1) is 5.92 Å². The lowest BCUT2D eigenvalue weighted by atomic mass is 10.1. The SMILES string of the molecule is CC(CC(=O)N1CCOC1=O)C(F)S(=O)(=O)c1ccccc1. The number of alkyl halides is 1. The molecule has 2 rings (SSSR count). The average Bonchev–Trinajstić information content (AvgIpc) is 2.93. The number of hydrogen-bond donors (Lipinski definition) is 0. The highest BCUT2D eigenvalue weighted by Crippen LogP contribution is 2.25. The first kappa shape index (κ1) is 16.4. The monoisotopic (exact) mass is 329 g/mol. The van der Waals surface area contributed by atoms with Gasteiger partial charge >= 0.3 is 6.09 Å². The average molecular weight is 329 g/mol. The molecular weight excluding hydrogens is 313 g/mol. The van der Waals surface area contributed by atoms with E-state index in [0.29, 0.717) is 0 Å². The summed E-state index contributed by atoms with van der Waals surface area (Å²) in [5, 5.41) is 0. The maximum Gasteiger partial charge on any atom is 0.416 e. The number of halogens is 1. The standard InChI is InChI=1S/C14H16FNO5S/c1-10(9-12(17)16-7-8-21-14(16)18)13(15)22(19,20)11-5-3-2-4-6-11/h2-6,10,13H,7-9H2,1H3. The number of amides is 2. The first-order chi connectivity index (χ1) is 10.3. The number of benzene rings is 1. The third-order valence-corrected chi connectivity index (χ3v) is 5.36. The maximum absolute atomic E-state index is 14.3. The van der Waals surface area contributed by atoms with Crippen LogP contribution in [0.1, 0.15) is 13.3 Å². The van der Waals surface area contributed by atoms with Gasteiger partial charge in [0.25, 0.3) is 0 Å². The molecule has 8 heteroatoms. The van der Waals surface area contributed by atoms with Crippen molar-refractivity contribution < 1.29 is 27.1 Å². The van der Waals surface area contributed by atoms with Crippen molar-refractivity contribution in [3.8, 4) is 0 Å². The van der Waals surface area contributed by atoms with Crippen molar-refractivity contribution in [2.24, 2.45) is 5.92 Å². The van der Waals surface area contributed by atoms with Crippen LogP contribution in [0.4, 0.5) is 9.18 Å². The molecule has 2 atom stereocenters. The van der Waals surface area contributed by atoms with Crippen LogP contribution in [0.15, 0.2) is 35.2 Å². The molecule has 1 saturated heterocycles. The molecule has 22 heavy (non-hydrogen) atoms. The van der Waals surface area contributed by atoms with Gasteiger partial charge in [0, 0.05) is 12.3 Å². The van der Waals surface area contributed by atoms with Gasteiger partial charge in [-0.05, 0) is 12.1 Å². The van der Waals surface area contributed by atoms with Crippen LogP contribution < -0.4 is 0 Å². The van der Waals surface area contributed by atoms with Gasteiger partial charge in [-0.2, -0.15) is 0 Å². The molecule has 0 saturated carbocycles. The molecule has 1 fully saturated rings. The predicted molar refractivity (Wildman–Crippen MR) is 75.4 cm³/mol. The highest BCUT2D eigenvalue weighted by molar-refractivity contribution is 7.91. The second-order valence-electron chi connectivity index (χ2n) is 5.05. The molecule has 1 aliphatic heterocycles. The van der Waals surface area contributed by atoms with Gasteiger partial charge in [-0.1, -0.05) is 25.1 Å². The summed E-state index contributed by atoms with van der Waals surface area (Å²) in [4.78, 5) is 23.9. The normalized spacial score (nSPS) is 17.9. The van der Waals surface area contributed by atoms with Gasteiger partial charge in [0.2, 0.25) is 21.2 Å². The van der Waals surface area contributed by atoms with E-state index in [1.165, 1.54) is 31.2 Å². The quantitative estimate of drug-likeness (QED) is 0.822. The summed E-state index contributed by atoms with van der Waals surface area (Å²) in [5.74, 6) is -1.72. The Kier molecular flexibility index (Phi) is 4.80. The van der Waals surface area contributed by atoms with E-state index in [2.05, 4.69) is 4.74 Å². The van der Waals surface area contributed by atoms with E-state index in [1.54, 1.807) is 6.07 Å². The van der Waals surface area contributed by atoms with Crippen molar-refractivity contribution in [1.82, 2.24) is 4.90 Å². The number of ether oxygens (including phenoxy) is 1. The Bertz CT molecular complexity index is 661. The Balaban J connectivity index is 2.07. The summed E-state index contributed by atoms with van der Waals surface area (Å²) in [6, 6.07) is 7.21. The summed E-state index contributed by atoms with van der Waals surface area (Å²) in [5.41, 5.74) is -2.22. The second-order valence-corrected chi connectivity index (χ2v) is 7.06. The molecule has 1 heterocycles. The van der Waals surface area contributed by atoms with E-state index in [9.17, 15) is 22.4 Å². The zero-order valence-electron chi connectivity index (χ0n) is 11.9. The van der Waals surface area contributed by atoms with Crippen molar-refractivity contribution in [3.05, 3.63) is 30.3 Å². The zero-order valence-corrected chi connectivity index (χ0v) is 12.8. The molecule has 120 valence electrons. The number of sulfone groups is 1. The Hall–Kier alpha value is -1.96. The number of rotatable bonds is 5. The Labute approximate surface area is 127 Å². The van der Waals surface area contributed by atoms with E-state index in [1.807, 2.05) is 0 Å². The molecule has 2 amide bonds. The van der Waals surface area contributed by atoms with Gasteiger partial charge in [0.05, 0.1) is 11.4 Å². The molecular formula is C14H16FNO5S. The Morgan fingerprint density at radius 2 is 2.00 bits per heavy atom. The molecule has 2 unspecified atom stereocenters. The smallest absolute Gasteiger partial charge is 0.416 e. The van der Waals surface area contributed by atoms with E-state index >= 15 is 0 Å². The molecule has 0 radical (unpaired) electrons. The fraction of sp³-hybridized carbons (Fsp3) is 0.429. The molecule has 0 aromatic heterocycles. The predicted octanol–water partition coefficient (Wildman–Crippen LogP) is 1.76. The van der Waals surface area contributed by atoms with Crippen molar-refractivity contribution in [2.75, 3.05) is 13.2 Å². The first-order valence-corrected chi connectivity index (χ1v) is 8.29. The zero-order chi connectivity index (χ0) is 16.3. The molecule has 0 bridgehead atoms. The molecule has 6 nitrogen and oxygen atoms in total. The number of nitrogens with zero attached hydrogens (tertiary/aromatic N) is 1. The maximum atomic E-state index is 14.3.